The van der Waals surface area contributed by atoms with Crippen LogP contribution in [-0.4, -0.2) is 84.9 Å². The molecule has 2 aromatic rings. The molecule has 13 heteroatoms. The highest BCUT2D eigenvalue weighted by Gasteiger charge is 2.22. The van der Waals surface area contributed by atoms with Crippen molar-refractivity contribution in [1.82, 2.24) is 19.9 Å². The van der Waals surface area contributed by atoms with Gasteiger partial charge in [0.05, 0.1) is 10.7 Å². The second kappa shape index (κ2) is 16.5. The average molecular weight is 637 g/mol. The van der Waals surface area contributed by atoms with Crippen LogP contribution in [0.1, 0.15) is 12.8 Å². The lowest BCUT2D eigenvalue weighted by Gasteiger charge is -2.22. The highest BCUT2D eigenvalue weighted by atomic mass is 35.5. The molecule has 4 aliphatic carbocycles. The molecular formula is C32H41ClN8O4. The molecule has 0 aliphatic heterocycles. The number of nitrogens with zero attached hydrogens (tertiary/aromatic N) is 4. The van der Waals surface area contributed by atoms with Gasteiger partial charge in [-0.2, -0.15) is 0 Å². The molecule has 12 nitrogen and oxygen atoms in total. The van der Waals surface area contributed by atoms with Gasteiger partial charge < -0.3 is 41.5 Å². The minimum absolute atomic E-state index is 0.0880. The van der Waals surface area contributed by atoms with Gasteiger partial charge in [-0.15, -0.1) is 0 Å². The molecule has 240 valence electrons. The Morgan fingerprint density at radius 2 is 1.20 bits per heavy atom. The average Bonchev–Trinajstić information content (AvgIpc) is 3.06. The van der Waals surface area contributed by atoms with E-state index in [9.17, 15) is 0 Å². The van der Waals surface area contributed by atoms with Gasteiger partial charge in [0, 0.05) is 62.4 Å². The number of hydrogen-bond acceptors (Lipinski definition) is 12. The van der Waals surface area contributed by atoms with Crippen LogP contribution in [0.4, 0.5) is 5.82 Å². The Bertz CT molecular complexity index is 1690. The van der Waals surface area contributed by atoms with Crippen LogP contribution in [0.25, 0.3) is 24.3 Å². The van der Waals surface area contributed by atoms with E-state index < -0.39 is 0 Å². The maximum atomic E-state index is 5.96. The van der Waals surface area contributed by atoms with Gasteiger partial charge in [-0.25, -0.2) is 19.9 Å². The van der Waals surface area contributed by atoms with Crippen LogP contribution in [0, 0.1) is 0 Å². The SMILES string of the molecule is COC1C=c2ncnc(Cl)c2=CC1OC.COC1C=c2ncnc(NC3=CCC(N)C=C3)c2=CC1OC.NC1=CCC(N)C=C1. The minimum Gasteiger partial charge on any atom is -0.399 e. The number of hydrogen-bond donors (Lipinski definition) is 4. The van der Waals surface area contributed by atoms with Crippen LogP contribution in [0.15, 0.2) is 60.5 Å². The third-order valence-corrected chi connectivity index (χ3v) is 7.68. The Morgan fingerprint density at radius 1 is 0.689 bits per heavy atom. The van der Waals surface area contributed by atoms with Crippen molar-refractivity contribution in [1.29, 1.82) is 0 Å². The highest BCUT2D eigenvalue weighted by Crippen LogP contribution is 2.13. The Balaban J connectivity index is 0.000000172. The van der Waals surface area contributed by atoms with Crippen molar-refractivity contribution in [3.8, 4) is 0 Å². The van der Waals surface area contributed by atoms with Crippen LogP contribution in [0.2, 0.25) is 5.15 Å². The zero-order chi connectivity index (χ0) is 32.3. The summed E-state index contributed by atoms with van der Waals surface area (Å²) in [7, 11) is 6.59. The molecule has 45 heavy (non-hydrogen) atoms. The summed E-state index contributed by atoms with van der Waals surface area (Å²) in [5.74, 6) is 0.754. The van der Waals surface area contributed by atoms with E-state index in [2.05, 4.69) is 31.3 Å². The molecule has 0 bridgehead atoms. The summed E-state index contributed by atoms with van der Waals surface area (Å²) >= 11 is 5.96. The molecule has 0 saturated heterocycles. The number of methoxy groups -OCH3 is 4. The quantitative estimate of drug-likeness (QED) is 0.300. The first-order valence-electron chi connectivity index (χ1n) is 14.4. The zero-order valence-corrected chi connectivity index (χ0v) is 26.6. The first-order chi connectivity index (χ1) is 21.8. The molecular weight excluding hydrogens is 596 g/mol. The van der Waals surface area contributed by atoms with Crippen molar-refractivity contribution in [2.75, 3.05) is 33.8 Å². The summed E-state index contributed by atoms with van der Waals surface area (Å²) in [5, 5.41) is 7.12. The summed E-state index contributed by atoms with van der Waals surface area (Å²) in [4.78, 5) is 16.7. The fourth-order valence-corrected chi connectivity index (χ4v) is 5.03. The van der Waals surface area contributed by atoms with E-state index in [1.54, 1.807) is 34.8 Å². The van der Waals surface area contributed by atoms with Crippen LogP contribution in [-0.2, 0) is 18.9 Å². The van der Waals surface area contributed by atoms with E-state index in [0.29, 0.717) is 5.15 Å². The van der Waals surface area contributed by atoms with E-state index in [1.807, 2.05) is 54.7 Å². The first kappa shape index (κ1) is 34.1. The fourth-order valence-electron chi connectivity index (χ4n) is 4.83. The number of nitrogens with one attached hydrogen (secondary N) is 1. The normalized spacial score (nSPS) is 25.8. The summed E-state index contributed by atoms with van der Waals surface area (Å²) in [5.41, 5.74) is 18.6. The van der Waals surface area contributed by atoms with Gasteiger partial charge >= 0.3 is 0 Å². The third-order valence-electron chi connectivity index (χ3n) is 7.38. The van der Waals surface area contributed by atoms with Crippen molar-refractivity contribution < 1.29 is 18.9 Å². The molecule has 6 unspecified atom stereocenters. The molecule has 0 spiro atoms. The van der Waals surface area contributed by atoms with E-state index >= 15 is 0 Å². The fraction of sp³-hybridized carbons (Fsp3) is 0.375. The second-order valence-corrected chi connectivity index (χ2v) is 10.8. The molecule has 7 N–H and O–H groups in total. The van der Waals surface area contributed by atoms with E-state index in [4.69, 9.17) is 47.7 Å². The first-order valence-corrected chi connectivity index (χ1v) is 14.8. The van der Waals surface area contributed by atoms with Crippen LogP contribution < -0.4 is 43.7 Å². The molecule has 4 aliphatic rings. The number of anilines is 1. The standard InChI is InChI=1S/C16H20N4O2.C10H11ClN2O2.C6H10N2/c1-21-14-7-12-13(8-15(14)22-2)18-9-19-16(12)20-11-5-3-10(17)4-6-11;1-14-8-3-6-7(4-9(8)15-2)12-5-13-10(6)11;7-5-1-2-6(8)4-3-5/h3,5-10,14-15H,4,17H2,1-2H3,(H,18,19,20);3-5,8-9H,1-2H3;1-3,6H,4,7-8H2. The minimum atomic E-state index is -0.159. The monoisotopic (exact) mass is 636 g/mol. The van der Waals surface area contributed by atoms with Crippen molar-refractivity contribution in [2.45, 2.75) is 49.3 Å². The summed E-state index contributed by atoms with van der Waals surface area (Å²) < 4.78 is 21.5. The van der Waals surface area contributed by atoms with Crippen LogP contribution in [0.5, 0.6) is 0 Å². The number of ether oxygens (including phenoxy) is 4. The van der Waals surface area contributed by atoms with Gasteiger partial charge in [0.25, 0.3) is 0 Å². The summed E-state index contributed by atoms with van der Waals surface area (Å²) in [6.45, 7) is 0. The van der Waals surface area contributed by atoms with E-state index in [0.717, 1.165) is 51.2 Å². The zero-order valence-electron chi connectivity index (χ0n) is 25.8. The molecule has 0 amide bonds. The van der Waals surface area contributed by atoms with Gasteiger partial charge in [0.15, 0.2) is 0 Å². The topological polar surface area (TPSA) is 179 Å². The molecule has 2 heterocycles. The molecule has 0 radical (unpaired) electrons. The Hall–Kier alpha value is -3.75. The number of fused-ring (bicyclic) bond motifs is 2. The molecule has 6 rings (SSSR count). The summed E-state index contributed by atoms with van der Waals surface area (Å²) in [6.07, 6.45) is 23.5. The van der Waals surface area contributed by atoms with Crippen LogP contribution in [0.3, 0.4) is 0 Å². The lowest BCUT2D eigenvalue weighted by molar-refractivity contribution is 0.0303. The molecule has 0 aromatic carbocycles. The van der Waals surface area contributed by atoms with Gasteiger partial charge in [0.2, 0.25) is 0 Å². The number of aromatic nitrogens is 4. The lowest BCUT2D eigenvalue weighted by Crippen LogP contribution is -2.43. The highest BCUT2D eigenvalue weighted by molar-refractivity contribution is 6.29. The van der Waals surface area contributed by atoms with E-state index in [-0.39, 0.29) is 36.5 Å². The van der Waals surface area contributed by atoms with Crippen molar-refractivity contribution >= 4 is 41.7 Å². The third kappa shape index (κ3) is 9.14. The molecule has 2 aromatic heterocycles. The maximum Gasteiger partial charge on any atom is 0.141 e. The van der Waals surface area contributed by atoms with Gasteiger partial charge in [-0.3, -0.25) is 0 Å². The maximum absolute atomic E-state index is 5.96. The number of nitrogens with two attached hydrogens (primary N) is 3. The predicted molar refractivity (Wildman–Crippen MR) is 176 cm³/mol. The van der Waals surface area contributed by atoms with Crippen molar-refractivity contribution in [3.63, 3.8) is 0 Å². The molecule has 0 fully saturated rings. The van der Waals surface area contributed by atoms with Gasteiger partial charge in [-0.05, 0) is 49.3 Å². The Morgan fingerprint density at radius 3 is 1.71 bits per heavy atom. The largest absolute Gasteiger partial charge is 0.399 e. The second-order valence-electron chi connectivity index (χ2n) is 10.5. The Kier molecular flexibility index (Phi) is 12.5. The predicted octanol–water partition coefficient (Wildman–Crippen LogP) is -0.485. The van der Waals surface area contributed by atoms with Gasteiger partial charge in [-0.1, -0.05) is 35.9 Å². The van der Waals surface area contributed by atoms with Crippen molar-refractivity contribution in [2.24, 2.45) is 17.2 Å². The van der Waals surface area contributed by atoms with E-state index in [1.165, 1.54) is 6.33 Å². The number of allylic oxidation sites excluding steroid dienone is 2. The lowest BCUT2D eigenvalue weighted by atomic mass is 10.1. The number of rotatable bonds is 6. The van der Waals surface area contributed by atoms with Gasteiger partial charge in [0.1, 0.15) is 48.0 Å². The molecule has 6 atom stereocenters. The molecule has 0 saturated carbocycles. The smallest absolute Gasteiger partial charge is 0.141 e. The Labute approximate surface area is 267 Å². The van der Waals surface area contributed by atoms with Crippen molar-refractivity contribution in [3.05, 3.63) is 86.8 Å². The van der Waals surface area contributed by atoms with Crippen LogP contribution >= 0.6 is 11.6 Å². The summed E-state index contributed by atoms with van der Waals surface area (Å²) in [6, 6.07) is 0.271. The number of halogens is 1.